The van der Waals surface area contributed by atoms with Gasteiger partial charge >= 0.3 is 0 Å². The normalized spacial score (nSPS) is 12.4. The number of rotatable bonds is 5. The fourth-order valence-electron chi connectivity index (χ4n) is 1.90. The molecule has 0 bridgehead atoms. The molecule has 19 heavy (non-hydrogen) atoms. The summed E-state index contributed by atoms with van der Waals surface area (Å²) < 4.78 is 18.9. The highest BCUT2D eigenvalue weighted by Gasteiger charge is 2.11. The van der Waals surface area contributed by atoms with Gasteiger partial charge in [0.2, 0.25) is 0 Å². The Morgan fingerprint density at radius 3 is 2.74 bits per heavy atom. The number of ether oxygens (including phenoxy) is 1. The Morgan fingerprint density at radius 1 is 1.32 bits per heavy atom. The standard InChI is InChI=1S/C15H18FNOS/c1-10-7-8-14(19-10)11(2)17-9-12-5-4-6-13(18-3)15(12)16/h4-8,11,17H,9H2,1-3H3. The van der Waals surface area contributed by atoms with E-state index >= 15 is 0 Å². The molecule has 0 saturated carbocycles. The van der Waals surface area contributed by atoms with Crippen LogP contribution in [0.15, 0.2) is 30.3 Å². The second-order valence-electron chi connectivity index (χ2n) is 4.48. The molecule has 1 unspecified atom stereocenters. The van der Waals surface area contributed by atoms with Gasteiger partial charge in [0.25, 0.3) is 0 Å². The van der Waals surface area contributed by atoms with Crippen LogP contribution in [0.5, 0.6) is 5.75 Å². The third-order valence-corrected chi connectivity index (χ3v) is 4.23. The molecule has 0 fully saturated rings. The van der Waals surface area contributed by atoms with E-state index in [-0.39, 0.29) is 11.9 Å². The minimum Gasteiger partial charge on any atom is -0.494 e. The summed E-state index contributed by atoms with van der Waals surface area (Å²) in [6, 6.07) is 9.63. The van der Waals surface area contributed by atoms with E-state index in [4.69, 9.17) is 4.74 Å². The van der Waals surface area contributed by atoms with Crippen molar-refractivity contribution in [1.82, 2.24) is 5.32 Å². The summed E-state index contributed by atoms with van der Waals surface area (Å²) in [4.78, 5) is 2.55. The Hall–Kier alpha value is -1.39. The minimum absolute atomic E-state index is 0.212. The van der Waals surface area contributed by atoms with E-state index in [2.05, 4.69) is 31.3 Å². The summed E-state index contributed by atoms with van der Waals surface area (Å²) in [6.45, 7) is 4.66. The van der Waals surface area contributed by atoms with Crippen LogP contribution in [-0.2, 0) is 6.54 Å². The monoisotopic (exact) mass is 279 g/mol. The van der Waals surface area contributed by atoms with E-state index in [1.807, 2.05) is 0 Å². The maximum Gasteiger partial charge on any atom is 0.169 e. The van der Waals surface area contributed by atoms with Gasteiger partial charge < -0.3 is 10.1 Å². The van der Waals surface area contributed by atoms with Gasteiger partial charge in [0, 0.05) is 27.9 Å². The average molecular weight is 279 g/mol. The molecule has 1 aromatic heterocycles. The number of methoxy groups -OCH3 is 1. The molecule has 0 aliphatic heterocycles. The third-order valence-electron chi connectivity index (χ3n) is 3.05. The molecule has 1 heterocycles. The number of aryl methyl sites for hydroxylation is 1. The number of hydrogen-bond donors (Lipinski definition) is 1. The molecule has 2 rings (SSSR count). The lowest BCUT2D eigenvalue weighted by Crippen LogP contribution is -2.18. The zero-order valence-electron chi connectivity index (χ0n) is 11.4. The van der Waals surface area contributed by atoms with Crippen LogP contribution < -0.4 is 10.1 Å². The van der Waals surface area contributed by atoms with Crippen molar-refractivity contribution in [3.8, 4) is 5.75 Å². The number of thiophene rings is 1. The zero-order valence-corrected chi connectivity index (χ0v) is 12.2. The lowest BCUT2D eigenvalue weighted by atomic mass is 10.2. The predicted octanol–water partition coefficient (Wildman–Crippen LogP) is 4.06. The quantitative estimate of drug-likeness (QED) is 0.891. The van der Waals surface area contributed by atoms with E-state index in [9.17, 15) is 4.39 Å². The van der Waals surface area contributed by atoms with Gasteiger partial charge in [-0.25, -0.2) is 4.39 Å². The molecule has 0 saturated heterocycles. The van der Waals surface area contributed by atoms with Gasteiger partial charge in [-0.1, -0.05) is 12.1 Å². The molecule has 2 aromatic rings. The Balaban J connectivity index is 2.02. The summed E-state index contributed by atoms with van der Waals surface area (Å²) in [7, 11) is 1.48. The minimum atomic E-state index is -0.285. The molecule has 102 valence electrons. The molecule has 0 amide bonds. The number of nitrogens with one attached hydrogen (secondary N) is 1. The molecule has 2 nitrogen and oxygen atoms in total. The zero-order chi connectivity index (χ0) is 13.8. The van der Waals surface area contributed by atoms with E-state index in [0.29, 0.717) is 17.9 Å². The molecule has 0 aliphatic carbocycles. The van der Waals surface area contributed by atoms with Crippen molar-refractivity contribution in [3.05, 3.63) is 51.5 Å². The number of hydrogen-bond acceptors (Lipinski definition) is 3. The highest BCUT2D eigenvalue weighted by Crippen LogP contribution is 2.24. The first kappa shape index (κ1) is 14.0. The van der Waals surface area contributed by atoms with Gasteiger partial charge in [-0.15, -0.1) is 11.3 Å². The van der Waals surface area contributed by atoms with Crippen LogP contribution in [0.4, 0.5) is 4.39 Å². The SMILES string of the molecule is COc1cccc(CNC(C)c2ccc(C)s2)c1F. The fourth-order valence-corrected chi connectivity index (χ4v) is 2.80. The predicted molar refractivity (Wildman–Crippen MR) is 77.3 cm³/mol. The van der Waals surface area contributed by atoms with Crippen molar-refractivity contribution in [2.24, 2.45) is 0 Å². The number of benzene rings is 1. The molecule has 4 heteroatoms. The Kier molecular flexibility index (Phi) is 4.56. The van der Waals surface area contributed by atoms with Crippen molar-refractivity contribution in [2.45, 2.75) is 26.4 Å². The fraction of sp³-hybridized carbons (Fsp3) is 0.333. The third kappa shape index (κ3) is 3.33. The first-order chi connectivity index (χ1) is 9.11. The van der Waals surface area contributed by atoms with Crippen LogP contribution >= 0.6 is 11.3 Å². The van der Waals surface area contributed by atoms with Crippen molar-refractivity contribution in [1.29, 1.82) is 0 Å². The van der Waals surface area contributed by atoms with Gasteiger partial charge in [0.1, 0.15) is 0 Å². The summed E-state index contributed by atoms with van der Waals surface area (Å²) in [5.41, 5.74) is 0.625. The molecule has 1 N–H and O–H groups in total. The smallest absolute Gasteiger partial charge is 0.169 e. The Morgan fingerprint density at radius 2 is 2.11 bits per heavy atom. The molecule has 1 aromatic carbocycles. The van der Waals surface area contributed by atoms with Crippen molar-refractivity contribution >= 4 is 11.3 Å². The number of halogens is 1. The highest BCUT2D eigenvalue weighted by atomic mass is 32.1. The highest BCUT2D eigenvalue weighted by molar-refractivity contribution is 7.12. The Labute approximate surface area is 117 Å². The van der Waals surface area contributed by atoms with Crippen molar-refractivity contribution in [3.63, 3.8) is 0 Å². The summed E-state index contributed by atoms with van der Waals surface area (Å²) in [5.74, 6) is 0.00554. The van der Waals surface area contributed by atoms with Gasteiger partial charge in [-0.2, -0.15) is 0 Å². The van der Waals surface area contributed by atoms with Crippen LogP contribution in [-0.4, -0.2) is 7.11 Å². The first-order valence-electron chi connectivity index (χ1n) is 6.23. The van der Waals surface area contributed by atoms with E-state index in [0.717, 1.165) is 0 Å². The molecular weight excluding hydrogens is 261 g/mol. The van der Waals surface area contributed by atoms with E-state index in [1.165, 1.54) is 16.9 Å². The van der Waals surface area contributed by atoms with Crippen LogP contribution in [0.2, 0.25) is 0 Å². The molecule has 0 radical (unpaired) electrons. The Bertz CT molecular complexity index is 553. The maximum atomic E-state index is 14.0. The summed E-state index contributed by atoms with van der Waals surface area (Å²) >= 11 is 1.76. The topological polar surface area (TPSA) is 21.3 Å². The molecular formula is C15H18FNOS. The van der Waals surface area contributed by atoms with Gasteiger partial charge in [-0.05, 0) is 32.0 Å². The van der Waals surface area contributed by atoms with Crippen molar-refractivity contribution in [2.75, 3.05) is 7.11 Å². The molecule has 1 atom stereocenters. The van der Waals surface area contributed by atoms with Gasteiger partial charge in [0.15, 0.2) is 11.6 Å². The first-order valence-corrected chi connectivity index (χ1v) is 7.04. The van der Waals surface area contributed by atoms with Crippen LogP contribution in [0.1, 0.15) is 28.3 Å². The average Bonchev–Trinajstić information content (AvgIpc) is 2.84. The largest absolute Gasteiger partial charge is 0.494 e. The van der Waals surface area contributed by atoms with Gasteiger partial charge in [-0.3, -0.25) is 0 Å². The summed E-state index contributed by atoms with van der Waals surface area (Å²) in [6.07, 6.45) is 0. The van der Waals surface area contributed by atoms with Gasteiger partial charge in [0.05, 0.1) is 7.11 Å². The van der Waals surface area contributed by atoms with Crippen LogP contribution in [0.3, 0.4) is 0 Å². The van der Waals surface area contributed by atoms with Crippen molar-refractivity contribution < 1.29 is 9.13 Å². The molecule has 0 aliphatic rings. The van der Waals surface area contributed by atoms with E-state index < -0.39 is 0 Å². The van der Waals surface area contributed by atoms with Crippen LogP contribution in [0, 0.1) is 12.7 Å². The second kappa shape index (κ2) is 6.17. The lowest BCUT2D eigenvalue weighted by molar-refractivity contribution is 0.382. The van der Waals surface area contributed by atoms with E-state index in [1.54, 1.807) is 29.5 Å². The second-order valence-corrected chi connectivity index (χ2v) is 5.80. The maximum absolute atomic E-state index is 14.0. The van der Waals surface area contributed by atoms with Crippen LogP contribution in [0.25, 0.3) is 0 Å². The summed E-state index contributed by atoms with van der Waals surface area (Å²) in [5, 5.41) is 3.34. The lowest BCUT2D eigenvalue weighted by Gasteiger charge is -2.13. The molecule has 0 spiro atoms.